The van der Waals surface area contributed by atoms with E-state index in [0.717, 1.165) is 10.4 Å². The first kappa shape index (κ1) is 20.1. The van der Waals surface area contributed by atoms with Gasteiger partial charge in [-0.05, 0) is 29.3 Å². The van der Waals surface area contributed by atoms with Crippen LogP contribution >= 0.6 is 0 Å². The van der Waals surface area contributed by atoms with Gasteiger partial charge in [0.2, 0.25) is 0 Å². The highest BCUT2D eigenvalue weighted by atomic mass is 28.4. The lowest BCUT2D eigenvalue weighted by atomic mass is 10.2. The summed E-state index contributed by atoms with van der Waals surface area (Å²) in [7, 11) is -2.81. The van der Waals surface area contributed by atoms with E-state index in [1.807, 2.05) is 50.2 Å². The summed E-state index contributed by atoms with van der Waals surface area (Å²) < 4.78 is 18.9. The van der Waals surface area contributed by atoms with Gasteiger partial charge in [0.15, 0.2) is 23.8 Å². The van der Waals surface area contributed by atoms with Crippen molar-refractivity contribution in [3.8, 4) is 0 Å². The average molecular weight is 409 g/mol. The van der Waals surface area contributed by atoms with Crippen LogP contribution in [0.2, 0.25) is 5.04 Å². The summed E-state index contributed by atoms with van der Waals surface area (Å²) in [5.41, 5.74) is 0. The highest BCUT2D eigenvalue weighted by Gasteiger charge is 2.57. The molecule has 0 N–H and O–H groups in total. The zero-order chi connectivity index (χ0) is 20.9. The Morgan fingerprint density at radius 1 is 0.862 bits per heavy atom. The van der Waals surface area contributed by atoms with Crippen LogP contribution in [0, 0.1) is 0 Å². The van der Waals surface area contributed by atoms with Gasteiger partial charge in [0.1, 0.15) is 5.76 Å². The van der Waals surface area contributed by atoms with E-state index >= 15 is 0 Å². The molecule has 1 aliphatic carbocycles. The predicted molar refractivity (Wildman–Crippen MR) is 116 cm³/mol. The van der Waals surface area contributed by atoms with Crippen molar-refractivity contribution < 1.29 is 18.7 Å². The molecule has 2 aromatic rings. The highest BCUT2D eigenvalue weighted by Crippen LogP contribution is 2.43. The molecule has 0 aromatic heterocycles. The Balaban J connectivity index is 1.86. The van der Waals surface area contributed by atoms with Gasteiger partial charge in [-0.25, -0.2) is 0 Å². The normalized spacial score (nSPS) is 23.6. The van der Waals surface area contributed by atoms with Crippen molar-refractivity contribution in [1.82, 2.24) is 0 Å². The monoisotopic (exact) mass is 408 g/mol. The van der Waals surface area contributed by atoms with Crippen molar-refractivity contribution in [2.45, 2.75) is 57.7 Å². The SMILES string of the molecule is CC1(C)O[C@@H]2C(O[Si](c3ccccc3)(c3ccccc3)C(C)(C)C)=CC(=O)[C@@H]2O1. The van der Waals surface area contributed by atoms with Crippen LogP contribution in [0.1, 0.15) is 34.6 Å². The fourth-order valence-electron chi connectivity index (χ4n) is 4.40. The Morgan fingerprint density at radius 2 is 1.34 bits per heavy atom. The second-order valence-electron chi connectivity index (χ2n) is 9.19. The maximum atomic E-state index is 12.6. The molecule has 0 amide bonds. The van der Waals surface area contributed by atoms with E-state index < -0.39 is 26.3 Å². The number of hydrogen-bond donors (Lipinski definition) is 0. The number of carbonyl (C=O) groups excluding carboxylic acids is 1. The van der Waals surface area contributed by atoms with Crippen molar-refractivity contribution in [2.24, 2.45) is 0 Å². The molecule has 1 saturated heterocycles. The van der Waals surface area contributed by atoms with Crippen LogP contribution in [0.15, 0.2) is 72.5 Å². The minimum Gasteiger partial charge on any atom is -0.535 e. The predicted octanol–water partition coefficient (Wildman–Crippen LogP) is 3.55. The van der Waals surface area contributed by atoms with Gasteiger partial charge in [-0.2, -0.15) is 0 Å². The van der Waals surface area contributed by atoms with Gasteiger partial charge in [-0.1, -0.05) is 81.4 Å². The summed E-state index contributed by atoms with van der Waals surface area (Å²) >= 11 is 0. The summed E-state index contributed by atoms with van der Waals surface area (Å²) in [4.78, 5) is 12.6. The molecule has 2 atom stereocenters. The molecule has 2 aliphatic rings. The number of carbonyl (C=O) groups is 1. The van der Waals surface area contributed by atoms with Gasteiger partial charge in [0, 0.05) is 6.08 Å². The van der Waals surface area contributed by atoms with E-state index in [0.29, 0.717) is 5.76 Å². The maximum Gasteiger partial charge on any atom is 0.319 e. The van der Waals surface area contributed by atoms with Gasteiger partial charge in [0.25, 0.3) is 0 Å². The van der Waals surface area contributed by atoms with Crippen LogP contribution < -0.4 is 10.4 Å². The molecule has 4 rings (SSSR count). The average Bonchev–Trinajstić information content (AvgIpc) is 3.14. The van der Waals surface area contributed by atoms with Crippen LogP contribution in [-0.4, -0.2) is 32.1 Å². The van der Waals surface area contributed by atoms with Gasteiger partial charge in [-0.3, -0.25) is 4.79 Å². The molecule has 0 spiro atoms. The molecule has 2 aromatic carbocycles. The molecule has 1 fully saturated rings. The first-order valence-electron chi connectivity index (χ1n) is 10.1. The molecule has 0 bridgehead atoms. The second kappa shape index (κ2) is 6.94. The van der Waals surface area contributed by atoms with Crippen LogP contribution in [0.5, 0.6) is 0 Å². The second-order valence-corrected chi connectivity index (χ2v) is 13.4. The summed E-state index contributed by atoms with van der Waals surface area (Å²) in [5, 5.41) is 2.13. The van der Waals surface area contributed by atoms with Crippen LogP contribution in [0.3, 0.4) is 0 Å². The molecule has 0 radical (unpaired) electrons. The quantitative estimate of drug-likeness (QED) is 0.726. The number of fused-ring (bicyclic) bond motifs is 1. The molecule has 5 heteroatoms. The Labute approximate surface area is 173 Å². The lowest BCUT2D eigenvalue weighted by Crippen LogP contribution is -2.66. The summed E-state index contributed by atoms with van der Waals surface area (Å²) in [6, 6.07) is 20.8. The minimum absolute atomic E-state index is 0.0893. The Bertz CT molecular complexity index is 889. The van der Waals surface area contributed by atoms with Gasteiger partial charge >= 0.3 is 8.32 Å². The first-order chi connectivity index (χ1) is 13.6. The smallest absolute Gasteiger partial charge is 0.319 e. The number of ether oxygens (including phenoxy) is 2. The molecule has 1 heterocycles. The Kier molecular flexibility index (Phi) is 4.80. The van der Waals surface area contributed by atoms with Crippen LogP contribution in [0.4, 0.5) is 0 Å². The van der Waals surface area contributed by atoms with E-state index in [4.69, 9.17) is 13.9 Å². The third-order valence-electron chi connectivity index (χ3n) is 5.63. The molecule has 4 nitrogen and oxygen atoms in total. The fourth-order valence-corrected chi connectivity index (χ4v) is 8.86. The number of hydrogen-bond acceptors (Lipinski definition) is 4. The summed E-state index contributed by atoms with van der Waals surface area (Å²) in [5.74, 6) is -0.312. The molecule has 152 valence electrons. The topological polar surface area (TPSA) is 44.8 Å². The van der Waals surface area contributed by atoms with E-state index in [9.17, 15) is 4.79 Å². The largest absolute Gasteiger partial charge is 0.535 e. The van der Waals surface area contributed by atoms with Crippen LogP contribution in [-0.2, 0) is 18.7 Å². The highest BCUT2D eigenvalue weighted by molar-refractivity contribution is 6.99. The fraction of sp³-hybridized carbons (Fsp3) is 0.375. The van der Waals surface area contributed by atoms with Gasteiger partial charge in [-0.15, -0.1) is 0 Å². The minimum atomic E-state index is -2.81. The summed E-state index contributed by atoms with van der Waals surface area (Å²) in [6.45, 7) is 10.3. The van der Waals surface area contributed by atoms with Crippen molar-refractivity contribution in [2.75, 3.05) is 0 Å². The molecular weight excluding hydrogens is 380 g/mol. The van der Waals surface area contributed by atoms with E-state index in [-0.39, 0.29) is 10.8 Å². The van der Waals surface area contributed by atoms with Crippen LogP contribution in [0.25, 0.3) is 0 Å². The number of rotatable bonds is 4. The molecule has 29 heavy (non-hydrogen) atoms. The third-order valence-corrected chi connectivity index (χ3v) is 10.6. The Hall–Kier alpha value is -2.21. The standard InChI is InChI=1S/C24H28O4Si/c1-23(2,3)29(17-12-8-6-9-13-17,18-14-10-7-11-15-18)28-20-16-19(25)21-22(20)27-24(4,5)26-21/h6-16,21-22H,1-5H3/t21-,22+/m0/s1. The molecular formula is C24H28O4Si. The van der Waals surface area contributed by atoms with Crippen molar-refractivity contribution in [3.05, 3.63) is 72.5 Å². The summed E-state index contributed by atoms with van der Waals surface area (Å²) in [6.07, 6.45) is 0.446. The van der Waals surface area contributed by atoms with E-state index in [2.05, 4.69) is 45.0 Å². The van der Waals surface area contributed by atoms with Gasteiger partial charge < -0.3 is 13.9 Å². The number of benzene rings is 2. The zero-order valence-electron chi connectivity index (χ0n) is 17.6. The van der Waals surface area contributed by atoms with E-state index in [1.165, 1.54) is 0 Å². The maximum absolute atomic E-state index is 12.6. The van der Waals surface area contributed by atoms with Crippen molar-refractivity contribution >= 4 is 24.5 Å². The van der Waals surface area contributed by atoms with Crippen molar-refractivity contribution in [3.63, 3.8) is 0 Å². The van der Waals surface area contributed by atoms with E-state index in [1.54, 1.807) is 6.08 Å². The zero-order valence-corrected chi connectivity index (χ0v) is 18.6. The Morgan fingerprint density at radius 3 is 1.83 bits per heavy atom. The first-order valence-corrected chi connectivity index (χ1v) is 12.0. The van der Waals surface area contributed by atoms with Crippen molar-refractivity contribution in [1.29, 1.82) is 0 Å². The molecule has 1 aliphatic heterocycles. The lowest BCUT2D eigenvalue weighted by molar-refractivity contribution is -0.154. The van der Waals surface area contributed by atoms with Gasteiger partial charge in [0.05, 0.1) is 0 Å². The third kappa shape index (κ3) is 3.37. The number of ketones is 1. The lowest BCUT2D eigenvalue weighted by Gasteiger charge is -2.43. The molecule has 0 saturated carbocycles. The molecule has 0 unspecified atom stereocenters.